The molecule has 0 saturated heterocycles. The van der Waals surface area contributed by atoms with Crippen molar-refractivity contribution < 1.29 is 14.3 Å². The standard InChI is InChI=1S/C13H18N2O3/c1-2-18-13(17)7-10-15-12(16)4-3-11-5-8-14-9-6-11/h5-6,8-9H,2-4,7,10H2,1H3,(H,15,16). The Bertz CT molecular complexity index is 379. The predicted octanol–water partition coefficient (Wildman–Crippen LogP) is 1.08. The van der Waals surface area contributed by atoms with Crippen LogP contribution in [0.25, 0.3) is 0 Å². The van der Waals surface area contributed by atoms with Gasteiger partial charge in [-0.15, -0.1) is 0 Å². The third kappa shape index (κ3) is 5.98. The molecule has 0 aliphatic rings. The molecule has 0 spiro atoms. The summed E-state index contributed by atoms with van der Waals surface area (Å²) in [6.07, 6.45) is 4.71. The first-order valence-electron chi connectivity index (χ1n) is 6.03. The lowest BCUT2D eigenvalue weighted by Crippen LogP contribution is -2.26. The van der Waals surface area contributed by atoms with E-state index in [0.29, 0.717) is 26.0 Å². The Balaban J connectivity index is 2.13. The molecule has 0 aliphatic carbocycles. The van der Waals surface area contributed by atoms with Crippen molar-refractivity contribution in [2.45, 2.75) is 26.2 Å². The summed E-state index contributed by atoms with van der Waals surface area (Å²) >= 11 is 0. The summed E-state index contributed by atoms with van der Waals surface area (Å²) in [6, 6.07) is 3.76. The number of hydrogen-bond donors (Lipinski definition) is 1. The minimum Gasteiger partial charge on any atom is -0.466 e. The fourth-order valence-electron chi connectivity index (χ4n) is 1.43. The zero-order chi connectivity index (χ0) is 13.2. The van der Waals surface area contributed by atoms with E-state index in [0.717, 1.165) is 5.56 Å². The number of carbonyl (C=O) groups is 2. The zero-order valence-corrected chi connectivity index (χ0v) is 10.5. The Labute approximate surface area is 107 Å². The smallest absolute Gasteiger partial charge is 0.307 e. The van der Waals surface area contributed by atoms with Crippen molar-refractivity contribution in [2.75, 3.05) is 13.2 Å². The largest absolute Gasteiger partial charge is 0.466 e. The number of aryl methyl sites for hydroxylation is 1. The minimum atomic E-state index is -0.285. The minimum absolute atomic E-state index is 0.0592. The van der Waals surface area contributed by atoms with Crippen molar-refractivity contribution in [2.24, 2.45) is 0 Å². The number of amides is 1. The summed E-state index contributed by atoms with van der Waals surface area (Å²) < 4.78 is 4.76. The highest BCUT2D eigenvalue weighted by molar-refractivity contribution is 5.77. The summed E-state index contributed by atoms with van der Waals surface area (Å²) in [5, 5.41) is 2.69. The van der Waals surface area contributed by atoms with Crippen LogP contribution < -0.4 is 5.32 Å². The van der Waals surface area contributed by atoms with E-state index < -0.39 is 0 Å². The predicted molar refractivity (Wildman–Crippen MR) is 66.8 cm³/mol. The van der Waals surface area contributed by atoms with Crippen molar-refractivity contribution >= 4 is 11.9 Å². The van der Waals surface area contributed by atoms with Crippen LogP contribution in [0.4, 0.5) is 0 Å². The molecule has 18 heavy (non-hydrogen) atoms. The molecular weight excluding hydrogens is 232 g/mol. The summed E-state index contributed by atoms with van der Waals surface area (Å²) in [5.41, 5.74) is 1.07. The van der Waals surface area contributed by atoms with Crippen molar-refractivity contribution in [3.8, 4) is 0 Å². The molecular formula is C13H18N2O3. The molecule has 1 N–H and O–H groups in total. The first-order valence-corrected chi connectivity index (χ1v) is 6.03. The van der Waals surface area contributed by atoms with Crippen molar-refractivity contribution in [1.82, 2.24) is 10.3 Å². The highest BCUT2D eigenvalue weighted by Gasteiger charge is 2.04. The third-order valence-electron chi connectivity index (χ3n) is 2.35. The summed E-state index contributed by atoms with van der Waals surface area (Å²) in [7, 11) is 0. The lowest BCUT2D eigenvalue weighted by Gasteiger charge is -2.05. The topological polar surface area (TPSA) is 68.3 Å². The molecule has 5 nitrogen and oxygen atoms in total. The average Bonchev–Trinajstić information content (AvgIpc) is 2.38. The lowest BCUT2D eigenvalue weighted by atomic mass is 10.1. The van der Waals surface area contributed by atoms with Crippen LogP contribution >= 0.6 is 0 Å². The number of rotatable bonds is 7. The summed E-state index contributed by atoms with van der Waals surface area (Å²) in [4.78, 5) is 26.4. The van der Waals surface area contributed by atoms with Crippen LogP contribution in [0.2, 0.25) is 0 Å². The number of nitrogens with zero attached hydrogens (tertiary/aromatic N) is 1. The molecule has 1 aromatic rings. The molecule has 98 valence electrons. The van der Waals surface area contributed by atoms with Gasteiger partial charge in [0.25, 0.3) is 0 Å². The Morgan fingerprint density at radius 2 is 2.00 bits per heavy atom. The number of esters is 1. The molecule has 1 aromatic heterocycles. The van der Waals surface area contributed by atoms with E-state index in [2.05, 4.69) is 10.3 Å². The SMILES string of the molecule is CCOC(=O)CCNC(=O)CCc1ccncc1. The average molecular weight is 250 g/mol. The van der Waals surface area contributed by atoms with E-state index in [1.807, 2.05) is 12.1 Å². The molecule has 1 rings (SSSR count). The van der Waals surface area contributed by atoms with Gasteiger partial charge in [-0.05, 0) is 31.0 Å². The maximum absolute atomic E-state index is 11.5. The quantitative estimate of drug-likeness (QED) is 0.735. The monoisotopic (exact) mass is 250 g/mol. The highest BCUT2D eigenvalue weighted by atomic mass is 16.5. The van der Waals surface area contributed by atoms with Crippen LogP contribution in [0.15, 0.2) is 24.5 Å². The van der Waals surface area contributed by atoms with E-state index in [1.54, 1.807) is 19.3 Å². The van der Waals surface area contributed by atoms with Gasteiger partial charge in [0, 0.05) is 25.4 Å². The lowest BCUT2D eigenvalue weighted by molar-refractivity contribution is -0.143. The molecule has 0 atom stereocenters. The Hall–Kier alpha value is -1.91. The first kappa shape index (κ1) is 14.2. The van der Waals surface area contributed by atoms with Crippen molar-refractivity contribution in [1.29, 1.82) is 0 Å². The van der Waals surface area contributed by atoms with Crippen LogP contribution in [0.3, 0.4) is 0 Å². The van der Waals surface area contributed by atoms with Crippen LogP contribution in [0, 0.1) is 0 Å². The fourth-order valence-corrected chi connectivity index (χ4v) is 1.43. The van der Waals surface area contributed by atoms with Gasteiger partial charge in [0.1, 0.15) is 0 Å². The molecule has 0 aliphatic heterocycles. The van der Waals surface area contributed by atoms with Crippen molar-refractivity contribution in [3.05, 3.63) is 30.1 Å². The van der Waals surface area contributed by atoms with Crippen LogP contribution in [0.1, 0.15) is 25.3 Å². The molecule has 0 fully saturated rings. The number of aromatic nitrogens is 1. The van der Waals surface area contributed by atoms with E-state index in [-0.39, 0.29) is 18.3 Å². The molecule has 0 bridgehead atoms. The number of hydrogen-bond acceptors (Lipinski definition) is 4. The van der Waals surface area contributed by atoms with Gasteiger partial charge < -0.3 is 10.1 Å². The number of pyridine rings is 1. The molecule has 0 aromatic carbocycles. The second-order valence-electron chi connectivity index (χ2n) is 3.76. The molecule has 0 unspecified atom stereocenters. The normalized spacial score (nSPS) is 9.83. The summed E-state index contributed by atoms with van der Waals surface area (Å²) in [5.74, 6) is -0.344. The van der Waals surface area contributed by atoms with Crippen molar-refractivity contribution in [3.63, 3.8) is 0 Å². The van der Waals surface area contributed by atoms with Gasteiger partial charge in [-0.1, -0.05) is 0 Å². The first-order chi connectivity index (χ1) is 8.72. The summed E-state index contributed by atoms with van der Waals surface area (Å²) in [6.45, 7) is 2.45. The zero-order valence-electron chi connectivity index (χ0n) is 10.5. The second kappa shape index (κ2) is 8.22. The highest BCUT2D eigenvalue weighted by Crippen LogP contribution is 2.00. The maximum Gasteiger partial charge on any atom is 0.307 e. The van der Waals surface area contributed by atoms with Gasteiger partial charge in [-0.25, -0.2) is 0 Å². The Morgan fingerprint density at radius 1 is 1.28 bits per heavy atom. The Kier molecular flexibility index (Phi) is 6.46. The van der Waals surface area contributed by atoms with Crippen LogP contribution in [-0.4, -0.2) is 30.0 Å². The van der Waals surface area contributed by atoms with E-state index in [1.165, 1.54) is 0 Å². The number of ether oxygens (including phenoxy) is 1. The molecule has 1 amide bonds. The molecule has 0 saturated carbocycles. The van der Waals surface area contributed by atoms with E-state index in [9.17, 15) is 9.59 Å². The molecule has 1 heterocycles. The molecule has 0 radical (unpaired) electrons. The van der Waals surface area contributed by atoms with E-state index >= 15 is 0 Å². The van der Waals surface area contributed by atoms with Gasteiger partial charge in [0.15, 0.2) is 0 Å². The van der Waals surface area contributed by atoms with Gasteiger partial charge >= 0.3 is 5.97 Å². The number of nitrogens with one attached hydrogen (secondary N) is 1. The fraction of sp³-hybridized carbons (Fsp3) is 0.462. The van der Waals surface area contributed by atoms with Crippen LogP contribution in [0.5, 0.6) is 0 Å². The third-order valence-corrected chi connectivity index (χ3v) is 2.35. The van der Waals surface area contributed by atoms with Crippen LogP contribution in [-0.2, 0) is 20.7 Å². The van der Waals surface area contributed by atoms with Gasteiger partial charge in [0.05, 0.1) is 13.0 Å². The maximum atomic E-state index is 11.5. The molecule has 5 heteroatoms. The van der Waals surface area contributed by atoms with Gasteiger partial charge in [-0.2, -0.15) is 0 Å². The second-order valence-corrected chi connectivity index (χ2v) is 3.76. The van der Waals surface area contributed by atoms with Gasteiger partial charge in [0.2, 0.25) is 5.91 Å². The van der Waals surface area contributed by atoms with E-state index in [4.69, 9.17) is 4.74 Å². The number of carbonyl (C=O) groups excluding carboxylic acids is 2. The van der Waals surface area contributed by atoms with Gasteiger partial charge in [-0.3, -0.25) is 14.6 Å². The Morgan fingerprint density at radius 3 is 2.67 bits per heavy atom.